The minimum atomic E-state index is -1.36. The second-order valence-corrected chi connectivity index (χ2v) is 25.9. The smallest absolute Gasteiger partial charge is 0.480 e. The van der Waals surface area contributed by atoms with Gasteiger partial charge in [-0.15, -0.1) is 12.4 Å². The third-order valence-corrected chi connectivity index (χ3v) is 9.81. The zero-order valence-corrected chi connectivity index (χ0v) is 57.9. The molecule has 0 unspecified atom stereocenters. The van der Waals surface area contributed by atoms with E-state index in [1.165, 1.54) is 13.8 Å². The van der Waals surface area contributed by atoms with Gasteiger partial charge in [-0.05, 0) is 147 Å². The third kappa shape index (κ3) is 54.0. The fourth-order valence-electron chi connectivity index (χ4n) is 5.44. The first-order chi connectivity index (χ1) is 40.6. The number of carboxylic acid groups (broad SMARTS) is 3. The summed E-state index contributed by atoms with van der Waals surface area (Å²) in [5, 5.41) is 50.1. The topological polar surface area (TPSA) is 434 Å². The van der Waals surface area contributed by atoms with Gasteiger partial charge in [0.1, 0.15) is 65.4 Å². The van der Waals surface area contributed by atoms with Gasteiger partial charge in [0.2, 0.25) is 0 Å². The summed E-state index contributed by atoms with van der Waals surface area (Å²) in [6.07, 6.45) is -6.47. The summed E-state index contributed by atoms with van der Waals surface area (Å²) in [6.45, 7) is 39.4. The van der Waals surface area contributed by atoms with Crippen molar-refractivity contribution in [3.63, 3.8) is 0 Å². The minimum Gasteiger partial charge on any atom is -0.480 e. The van der Waals surface area contributed by atoms with Crippen LogP contribution < -0.4 is 27.4 Å². The van der Waals surface area contributed by atoms with Crippen molar-refractivity contribution >= 4 is 72.8 Å². The maximum Gasteiger partial charge on any atom is 0.519 e. The van der Waals surface area contributed by atoms with Gasteiger partial charge < -0.3 is 90.8 Å². The molecule has 3 amide bonds. The minimum absolute atomic E-state index is 0. The summed E-state index contributed by atoms with van der Waals surface area (Å²) in [4.78, 5) is 111. The lowest BCUT2D eigenvalue weighted by Gasteiger charge is -2.24. The number of halogens is 1. The quantitative estimate of drug-likeness (QED) is 0.0401. The maximum absolute atomic E-state index is 12.2. The lowest BCUT2D eigenvalue weighted by Crippen LogP contribution is -2.49. The number of carbonyl (C=O) groups excluding carboxylic acids is 7. The SMILES string of the molecule is CC(C)(C)OC(=O)OC(=O)OC(C)(C)C.CC(C)[C@H](N)C(=O)OCc1ccccc1.CC(C)[C@H](NC(=O)OC(C)(C)C)C(=O)O.CC(C)[C@H](NC(=O)OC(C)(C)C)C(=O)OCc1ccccc1.C[C@@H](O)[C@H](N)C(=O)O.C[C@@H](O)[C@H](NC(=O)OC(C)(C)C)C(=O)O.Cl. The molecular formula is C62H106ClN5O23. The number of esters is 2. The van der Waals surface area contributed by atoms with Crippen LogP contribution in [0.1, 0.15) is 170 Å². The van der Waals surface area contributed by atoms with Crippen LogP contribution in [0.3, 0.4) is 0 Å². The molecule has 0 saturated heterocycles. The van der Waals surface area contributed by atoms with Crippen molar-refractivity contribution in [2.75, 3.05) is 0 Å². The van der Waals surface area contributed by atoms with Gasteiger partial charge in [0.15, 0.2) is 6.04 Å². The number of carbonyl (C=O) groups is 10. The van der Waals surface area contributed by atoms with E-state index in [0.717, 1.165) is 11.1 Å². The van der Waals surface area contributed by atoms with E-state index in [1.54, 1.807) is 118 Å². The van der Waals surface area contributed by atoms with Gasteiger partial charge in [0.05, 0.1) is 12.2 Å². The molecular weight excluding hydrogens is 1220 g/mol. The van der Waals surface area contributed by atoms with E-state index in [1.807, 2.05) is 88.4 Å². The molecule has 2 rings (SSSR count). The van der Waals surface area contributed by atoms with E-state index in [-0.39, 0.29) is 42.7 Å². The van der Waals surface area contributed by atoms with Gasteiger partial charge in [0.25, 0.3) is 0 Å². The van der Waals surface area contributed by atoms with Crippen LogP contribution in [-0.4, -0.2) is 156 Å². The number of hydrogen-bond donors (Lipinski definition) is 10. The number of nitrogens with two attached hydrogens (primary N) is 2. The van der Waals surface area contributed by atoms with Crippen LogP contribution in [-0.2, 0) is 75.1 Å². The van der Waals surface area contributed by atoms with Gasteiger partial charge in [-0.2, -0.15) is 0 Å². The molecule has 0 aliphatic heterocycles. The van der Waals surface area contributed by atoms with Crippen molar-refractivity contribution in [2.24, 2.45) is 29.2 Å². The van der Waals surface area contributed by atoms with Crippen molar-refractivity contribution < 1.29 is 111 Å². The van der Waals surface area contributed by atoms with Gasteiger partial charge in [-0.1, -0.05) is 102 Å². The molecule has 7 atom stereocenters. The molecule has 2 aromatic rings. The van der Waals surface area contributed by atoms with Crippen LogP contribution >= 0.6 is 12.4 Å². The number of nitrogens with one attached hydrogen (secondary N) is 3. The summed E-state index contributed by atoms with van der Waals surface area (Å²) >= 11 is 0. The van der Waals surface area contributed by atoms with E-state index in [9.17, 15) is 47.9 Å². The Kier molecular flexibility index (Phi) is 44.6. The van der Waals surface area contributed by atoms with Crippen molar-refractivity contribution in [1.82, 2.24) is 16.0 Å². The Bertz CT molecular complexity index is 2400. The first-order valence-corrected chi connectivity index (χ1v) is 28.7. The zero-order valence-electron chi connectivity index (χ0n) is 57.1. The van der Waals surface area contributed by atoms with Gasteiger partial charge >= 0.3 is 60.4 Å². The standard InChI is InChI=1S/C17H25NO4.C12H17NO2.C10H19NO4.C10H18O5.C9H17NO5.C4H9NO3.ClH/c1-12(2)14(18-16(20)22-17(3,4)5)15(19)21-11-13-9-7-6-8-10-13;1-9(2)11(13)12(14)15-8-10-6-4-3-5-7-10;1-6(2)7(8(12)13)11-9(14)15-10(3,4)5;1-9(2,3)14-7(11)13-8(12)15-10(4,5)6;1-5(11)6(7(12)13)10-8(14)15-9(2,3)4;1-2(6)3(5)4(7)8;/h6-10,12,14H,11H2,1-5H3,(H,18,20);3-7,9,11H,8,13H2,1-2H3;6-7H,1-5H3,(H,11,14)(H,12,13);1-6H3;5-6,11H,1-4H3,(H,10,14)(H,12,13);2-3,6H,5H2,1H3,(H,7,8);1H/t14-;11-;7-;;5-,6+;2-,3+;/m000.11./s1. The molecule has 0 fully saturated rings. The highest BCUT2D eigenvalue weighted by Crippen LogP contribution is 2.15. The van der Waals surface area contributed by atoms with Crippen LogP contribution in [0.4, 0.5) is 24.0 Å². The Balaban J connectivity index is -0.000000331. The molecule has 28 nitrogen and oxygen atoms in total. The molecule has 0 bridgehead atoms. The lowest BCUT2D eigenvalue weighted by molar-refractivity contribution is -0.149. The van der Waals surface area contributed by atoms with E-state index >= 15 is 0 Å². The maximum atomic E-state index is 12.2. The number of aliphatic carboxylic acids is 3. The van der Waals surface area contributed by atoms with Gasteiger partial charge in [0, 0.05) is 0 Å². The van der Waals surface area contributed by atoms with Crippen molar-refractivity contribution in [1.29, 1.82) is 0 Å². The number of carboxylic acids is 3. The number of hydrogen-bond acceptors (Lipinski definition) is 22. The monoisotopic (exact) mass is 1320 g/mol. The Hall–Kier alpha value is -7.53. The molecule has 0 saturated carbocycles. The van der Waals surface area contributed by atoms with E-state index < -0.39 is 125 Å². The Morgan fingerprint density at radius 3 is 0.912 bits per heavy atom. The highest BCUT2D eigenvalue weighted by molar-refractivity contribution is 5.85. The van der Waals surface area contributed by atoms with E-state index in [0.29, 0.717) is 6.61 Å². The Labute approximate surface area is 542 Å². The Morgan fingerprint density at radius 2 is 0.681 bits per heavy atom. The van der Waals surface area contributed by atoms with Crippen LogP contribution in [0, 0.1) is 17.8 Å². The predicted molar refractivity (Wildman–Crippen MR) is 339 cm³/mol. The summed E-state index contributed by atoms with van der Waals surface area (Å²) in [5.41, 5.74) is 9.11. The fraction of sp³-hybridized carbons (Fsp3) is 0.645. The molecule has 2 aromatic carbocycles. The molecule has 0 aliphatic carbocycles. The molecule has 0 spiro atoms. The molecule has 0 heterocycles. The van der Waals surface area contributed by atoms with E-state index in [4.69, 9.17) is 70.2 Å². The first-order valence-electron chi connectivity index (χ1n) is 28.7. The number of rotatable bonds is 17. The average molecular weight is 1320 g/mol. The highest BCUT2D eigenvalue weighted by Gasteiger charge is 2.31. The second-order valence-electron chi connectivity index (χ2n) is 25.9. The number of aliphatic hydroxyl groups excluding tert-OH is 2. The average Bonchev–Trinajstić information content (AvgIpc) is 3.52. The van der Waals surface area contributed by atoms with Crippen LogP contribution in [0.15, 0.2) is 60.7 Å². The first kappa shape index (κ1) is 92.2. The lowest BCUT2D eigenvalue weighted by atomic mass is 10.1. The van der Waals surface area contributed by atoms with Crippen molar-refractivity contribution in [2.45, 2.75) is 243 Å². The molecule has 12 N–H and O–H groups in total. The summed E-state index contributed by atoms with van der Waals surface area (Å²) in [7, 11) is 0. The van der Waals surface area contributed by atoms with Crippen LogP contribution in [0.2, 0.25) is 0 Å². The molecule has 0 aromatic heterocycles. The summed E-state index contributed by atoms with van der Waals surface area (Å²) in [5.74, 6) is -4.54. The van der Waals surface area contributed by atoms with Crippen LogP contribution in [0.5, 0.6) is 0 Å². The normalized spacial score (nSPS) is 13.3. The Morgan fingerprint density at radius 1 is 0.396 bits per heavy atom. The molecule has 0 radical (unpaired) electrons. The van der Waals surface area contributed by atoms with Crippen molar-refractivity contribution in [3.8, 4) is 0 Å². The summed E-state index contributed by atoms with van der Waals surface area (Å²) in [6, 6.07) is 14.3. The number of aliphatic hydroxyl groups is 2. The zero-order chi connectivity index (χ0) is 71.5. The molecule has 29 heteroatoms. The molecule has 0 aliphatic rings. The second kappa shape index (κ2) is 44.1. The van der Waals surface area contributed by atoms with E-state index in [2.05, 4.69) is 20.7 Å². The predicted octanol–water partition coefficient (Wildman–Crippen LogP) is 9.03. The molecule has 524 valence electrons. The highest BCUT2D eigenvalue weighted by atomic mass is 35.5. The largest absolute Gasteiger partial charge is 0.519 e. The number of amides is 3. The fourth-order valence-corrected chi connectivity index (χ4v) is 5.44. The van der Waals surface area contributed by atoms with Gasteiger partial charge in [-0.25, -0.2) is 38.4 Å². The summed E-state index contributed by atoms with van der Waals surface area (Å²) < 4.78 is 39.1. The third-order valence-electron chi connectivity index (χ3n) is 9.81. The van der Waals surface area contributed by atoms with Gasteiger partial charge in [-0.3, -0.25) is 9.59 Å². The van der Waals surface area contributed by atoms with Crippen LogP contribution in [0.25, 0.3) is 0 Å². The number of ether oxygens (including phenoxy) is 8. The number of alkyl carbamates (subject to hydrolysis) is 3. The van der Waals surface area contributed by atoms with Crippen molar-refractivity contribution in [3.05, 3.63) is 71.8 Å². The number of benzene rings is 2. The molecule has 91 heavy (non-hydrogen) atoms.